The van der Waals surface area contributed by atoms with Gasteiger partial charge in [-0.1, -0.05) is 12.1 Å². The van der Waals surface area contributed by atoms with E-state index in [9.17, 15) is 4.79 Å². The summed E-state index contributed by atoms with van der Waals surface area (Å²) in [6, 6.07) is 13.8. The number of benzene rings is 2. The molecule has 0 saturated carbocycles. The second-order valence-corrected chi connectivity index (χ2v) is 6.66. The first-order valence-corrected chi connectivity index (χ1v) is 8.07. The average Bonchev–Trinajstić information content (AvgIpc) is 2.51. The molecular formula is C18H16INO2. The van der Waals surface area contributed by atoms with E-state index >= 15 is 0 Å². The number of rotatable bonds is 2. The first-order chi connectivity index (χ1) is 10.5. The van der Waals surface area contributed by atoms with Crippen LogP contribution in [0.2, 0.25) is 0 Å². The summed E-state index contributed by atoms with van der Waals surface area (Å²) in [7, 11) is 4.01. The number of nitrogens with zero attached hydrogens (tertiary/aromatic N) is 1. The van der Waals surface area contributed by atoms with Crippen LogP contribution < -0.4 is 9.64 Å². The van der Waals surface area contributed by atoms with E-state index < -0.39 is 0 Å². The molecule has 0 unspecified atom stereocenters. The standard InChI is InChI=1S/C18H16INO2/c1-20(2)15-6-3-12(4-7-15)9-13-11-22-17-8-5-14(19)10-16(17)18(13)21/h3-10H,11H2,1-2H3/b13-9+. The number of anilines is 1. The molecule has 0 N–H and O–H groups in total. The van der Waals surface area contributed by atoms with E-state index in [4.69, 9.17) is 4.74 Å². The van der Waals surface area contributed by atoms with E-state index in [2.05, 4.69) is 22.6 Å². The molecule has 0 bridgehead atoms. The molecule has 4 heteroatoms. The van der Waals surface area contributed by atoms with Crippen molar-refractivity contribution in [2.75, 3.05) is 25.6 Å². The maximum atomic E-state index is 12.6. The average molecular weight is 405 g/mol. The Kier molecular flexibility index (Phi) is 4.20. The summed E-state index contributed by atoms with van der Waals surface area (Å²) >= 11 is 2.20. The molecule has 22 heavy (non-hydrogen) atoms. The van der Waals surface area contributed by atoms with Gasteiger partial charge < -0.3 is 9.64 Å². The quantitative estimate of drug-likeness (QED) is 0.559. The minimum absolute atomic E-state index is 0.0523. The third-order valence-corrected chi connectivity index (χ3v) is 4.28. The molecule has 1 aliphatic rings. The molecule has 3 rings (SSSR count). The third kappa shape index (κ3) is 3.02. The zero-order valence-corrected chi connectivity index (χ0v) is 14.6. The number of carbonyl (C=O) groups is 1. The topological polar surface area (TPSA) is 29.5 Å². The van der Waals surface area contributed by atoms with E-state index in [1.54, 1.807) is 0 Å². The number of Topliss-reactive ketones (excluding diaryl/α,β-unsaturated/α-hetero) is 1. The molecule has 0 radical (unpaired) electrons. The first kappa shape index (κ1) is 15.1. The van der Waals surface area contributed by atoms with Crippen LogP contribution >= 0.6 is 22.6 Å². The summed E-state index contributed by atoms with van der Waals surface area (Å²) in [6.07, 6.45) is 1.91. The van der Waals surface area contributed by atoms with Gasteiger partial charge in [0.05, 0.1) is 5.56 Å². The highest BCUT2D eigenvalue weighted by Gasteiger charge is 2.23. The van der Waals surface area contributed by atoms with Gasteiger partial charge in [-0.05, 0) is 64.6 Å². The Morgan fingerprint density at radius 2 is 1.86 bits per heavy atom. The summed E-state index contributed by atoms with van der Waals surface area (Å²) in [5.74, 6) is 0.724. The van der Waals surface area contributed by atoms with Crippen LogP contribution in [0.25, 0.3) is 6.08 Å². The highest BCUT2D eigenvalue weighted by Crippen LogP contribution is 2.29. The molecule has 2 aromatic carbocycles. The largest absolute Gasteiger partial charge is 0.488 e. The van der Waals surface area contributed by atoms with Crippen molar-refractivity contribution in [3.05, 3.63) is 62.7 Å². The third-order valence-electron chi connectivity index (χ3n) is 3.61. The van der Waals surface area contributed by atoms with Crippen molar-refractivity contribution >= 4 is 40.1 Å². The van der Waals surface area contributed by atoms with Gasteiger partial charge in [-0.3, -0.25) is 4.79 Å². The maximum absolute atomic E-state index is 12.6. The van der Waals surface area contributed by atoms with E-state index in [1.165, 1.54) is 0 Å². The van der Waals surface area contributed by atoms with Crippen LogP contribution in [0.3, 0.4) is 0 Å². The molecule has 2 aromatic rings. The molecule has 0 spiro atoms. The maximum Gasteiger partial charge on any atom is 0.196 e. The second kappa shape index (κ2) is 6.12. The Balaban J connectivity index is 1.91. The van der Waals surface area contributed by atoms with Crippen molar-refractivity contribution in [1.29, 1.82) is 0 Å². The number of hydrogen-bond donors (Lipinski definition) is 0. The van der Waals surface area contributed by atoms with Gasteiger partial charge in [0.2, 0.25) is 0 Å². The predicted octanol–water partition coefficient (Wildman–Crippen LogP) is 4.02. The van der Waals surface area contributed by atoms with E-state index in [0.29, 0.717) is 23.5 Å². The Morgan fingerprint density at radius 3 is 2.55 bits per heavy atom. The van der Waals surface area contributed by atoms with Crippen LogP contribution in [-0.4, -0.2) is 26.5 Å². The van der Waals surface area contributed by atoms with Crippen LogP contribution in [-0.2, 0) is 0 Å². The number of ether oxygens (including phenoxy) is 1. The predicted molar refractivity (Wildman–Crippen MR) is 97.7 cm³/mol. The fourth-order valence-corrected chi connectivity index (χ4v) is 2.87. The second-order valence-electron chi connectivity index (χ2n) is 5.41. The summed E-state index contributed by atoms with van der Waals surface area (Å²) < 4.78 is 6.73. The number of hydrogen-bond acceptors (Lipinski definition) is 3. The minimum Gasteiger partial charge on any atom is -0.488 e. The van der Waals surface area contributed by atoms with Crippen molar-refractivity contribution in [3.8, 4) is 5.75 Å². The first-order valence-electron chi connectivity index (χ1n) is 6.99. The van der Waals surface area contributed by atoms with Crippen molar-refractivity contribution in [2.45, 2.75) is 0 Å². The van der Waals surface area contributed by atoms with Crippen molar-refractivity contribution in [1.82, 2.24) is 0 Å². The number of carbonyl (C=O) groups excluding carboxylic acids is 1. The molecule has 0 aliphatic carbocycles. The molecule has 0 amide bonds. The molecule has 1 heterocycles. The molecule has 0 fully saturated rings. The van der Waals surface area contributed by atoms with Crippen LogP contribution in [0.5, 0.6) is 5.75 Å². The molecule has 112 valence electrons. The lowest BCUT2D eigenvalue weighted by atomic mass is 9.98. The minimum atomic E-state index is 0.0523. The van der Waals surface area contributed by atoms with Gasteiger partial charge >= 0.3 is 0 Å². The molecular weight excluding hydrogens is 389 g/mol. The van der Waals surface area contributed by atoms with Gasteiger partial charge in [0.25, 0.3) is 0 Å². The fourth-order valence-electron chi connectivity index (χ4n) is 2.38. The van der Waals surface area contributed by atoms with Crippen LogP contribution in [0.15, 0.2) is 48.0 Å². The van der Waals surface area contributed by atoms with Crippen molar-refractivity contribution in [2.24, 2.45) is 0 Å². The highest BCUT2D eigenvalue weighted by molar-refractivity contribution is 14.1. The van der Waals surface area contributed by atoms with Gasteiger partial charge in [-0.15, -0.1) is 0 Å². The Labute approximate surface area is 143 Å². The molecule has 0 aromatic heterocycles. The van der Waals surface area contributed by atoms with Crippen molar-refractivity contribution < 1.29 is 9.53 Å². The molecule has 0 atom stereocenters. The van der Waals surface area contributed by atoms with Gasteiger partial charge in [0, 0.05) is 28.9 Å². The van der Waals surface area contributed by atoms with E-state index in [1.807, 2.05) is 67.5 Å². The SMILES string of the molecule is CN(C)c1ccc(/C=C2\COc3ccc(I)cc3C2=O)cc1. The summed E-state index contributed by atoms with van der Waals surface area (Å²) in [5, 5.41) is 0. The normalized spacial score (nSPS) is 15.4. The summed E-state index contributed by atoms with van der Waals surface area (Å²) in [5.41, 5.74) is 3.47. The number of ketones is 1. The zero-order valence-electron chi connectivity index (χ0n) is 12.5. The van der Waals surface area contributed by atoms with E-state index in [-0.39, 0.29) is 5.78 Å². The lowest BCUT2D eigenvalue weighted by Crippen LogP contribution is -2.19. The van der Waals surface area contributed by atoms with Gasteiger partial charge in [-0.2, -0.15) is 0 Å². The summed E-state index contributed by atoms with van der Waals surface area (Å²) in [4.78, 5) is 14.6. The van der Waals surface area contributed by atoms with Crippen LogP contribution in [0, 0.1) is 3.57 Å². The number of fused-ring (bicyclic) bond motifs is 1. The van der Waals surface area contributed by atoms with E-state index in [0.717, 1.165) is 14.8 Å². The zero-order chi connectivity index (χ0) is 15.7. The summed E-state index contributed by atoms with van der Waals surface area (Å²) in [6.45, 7) is 0.321. The Morgan fingerprint density at radius 1 is 1.14 bits per heavy atom. The lowest BCUT2D eigenvalue weighted by Gasteiger charge is -2.19. The monoisotopic (exact) mass is 405 g/mol. The highest BCUT2D eigenvalue weighted by atomic mass is 127. The molecule has 0 saturated heterocycles. The van der Waals surface area contributed by atoms with Gasteiger partial charge in [-0.25, -0.2) is 0 Å². The number of halogens is 1. The fraction of sp³-hybridized carbons (Fsp3) is 0.167. The Bertz CT molecular complexity index is 748. The molecule has 1 aliphatic heterocycles. The lowest BCUT2D eigenvalue weighted by molar-refractivity contribution is 0.100. The molecule has 3 nitrogen and oxygen atoms in total. The Hall–Kier alpha value is -1.82. The van der Waals surface area contributed by atoms with Crippen LogP contribution in [0.4, 0.5) is 5.69 Å². The smallest absolute Gasteiger partial charge is 0.196 e. The van der Waals surface area contributed by atoms with Gasteiger partial charge in [0.1, 0.15) is 12.4 Å². The van der Waals surface area contributed by atoms with Gasteiger partial charge in [0.15, 0.2) is 5.78 Å². The van der Waals surface area contributed by atoms with Crippen molar-refractivity contribution in [3.63, 3.8) is 0 Å². The van der Waals surface area contributed by atoms with Crippen LogP contribution in [0.1, 0.15) is 15.9 Å².